The number of hydrogen-bond donors (Lipinski definition) is 0. The van der Waals surface area contributed by atoms with E-state index in [0.29, 0.717) is 13.1 Å². The molecule has 0 aromatic rings. The summed E-state index contributed by atoms with van der Waals surface area (Å²) in [5.41, 5.74) is -0.348. The molecule has 0 aromatic carbocycles. The van der Waals surface area contributed by atoms with Gasteiger partial charge in [0, 0.05) is 13.1 Å². The van der Waals surface area contributed by atoms with Crippen LogP contribution in [0.5, 0.6) is 0 Å². The van der Waals surface area contributed by atoms with Gasteiger partial charge in [-0.25, -0.2) is 0 Å². The standard InChI is InChI=1S/C11H15Br2NO/c1-4-6-14(7-5-2)9(15)10(3)8-11(10,12)13/h4-5H,1-2,6-8H2,3H3/t10-/m0/s1. The first-order valence-electron chi connectivity index (χ1n) is 4.78. The van der Waals surface area contributed by atoms with E-state index < -0.39 is 0 Å². The number of carbonyl (C=O) groups excluding carboxylic acids is 1. The number of halogens is 2. The average molecular weight is 337 g/mol. The number of hydrogen-bond acceptors (Lipinski definition) is 1. The van der Waals surface area contributed by atoms with Crippen LogP contribution in [-0.2, 0) is 4.79 Å². The Kier molecular flexibility index (Phi) is 3.82. The predicted molar refractivity (Wildman–Crippen MR) is 70.3 cm³/mol. The molecule has 1 rings (SSSR count). The molecule has 1 aliphatic rings. The van der Waals surface area contributed by atoms with Gasteiger partial charge in [-0.1, -0.05) is 44.0 Å². The van der Waals surface area contributed by atoms with Crippen LogP contribution in [0.15, 0.2) is 25.3 Å². The van der Waals surface area contributed by atoms with Crippen LogP contribution in [0.25, 0.3) is 0 Å². The highest BCUT2D eigenvalue weighted by Crippen LogP contribution is 2.66. The number of rotatable bonds is 5. The average Bonchev–Trinajstić information content (AvgIpc) is 2.66. The van der Waals surface area contributed by atoms with Crippen molar-refractivity contribution < 1.29 is 4.79 Å². The van der Waals surface area contributed by atoms with Crippen molar-refractivity contribution in [3.05, 3.63) is 25.3 Å². The van der Waals surface area contributed by atoms with Gasteiger partial charge in [0.25, 0.3) is 0 Å². The van der Waals surface area contributed by atoms with Crippen molar-refractivity contribution >= 4 is 37.8 Å². The Morgan fingerprint density at radius 2 is 1.80 bits per heavy atom. The summed E-state index contributed by atoms with van der Waals surface area (Å²) in [5, 5.41) is 0. The van der Waals surface area contributed by atoms with Crippen molar-refractivity contribution in [1.29, 1.82) is 0 Å². The Morgan fingerprint density at radius 1 is 1.40 bits per heavy atom. The molecule has 1 atom stereocenters. The van der Waals surface area contributed by atoms with Crippen molar-refractivity contribution in [2.75, 3.05) is 13.1 Å². The Labute approximate surface area is 108 Å². The lowest BCUT2D eigenvalue weighted by Crippen LogP contribution is -2.38. The zero-order chi connectivity index (χ0) is 11.7. The normalized spacial score (nSPS) is 26.9. The molecule has 1 saturated carbocycles. The van der Waals surface area contributed by atoms with Gasteiger partial charge in [0.05, 0.1) is 8.65 Å². The fraction of sp³-hybridized carbons (Fsp3) is 0.545. The van der Waals surface area contributed by atoms with Gasteiger partial charge in [-0.15, -0.1) is 13.2 Å². The minimum absolute atomic E-state index is 0.135. The van der Waals surface area contributed by atoms with Crippen LogP contribution in [0.3, 0.4) is 0 Å². The minimum Gasteiger partial charge on any atom is -0.335 e. The number of nitrogens with zero attached hydrogens (tertiary/aromatic N) is 1. The van der Waals surface area contributed by atoms with Crippen LogP contribution in [0.2, 0.25) is 0 Å². The van der Waals surface area contributed by atoms with Crippen LogP contribution < -0.4 is 0 Å². The summed E-state index contributed by atoms with van der Waals surface area (Å²) in [5.74, 6) is 0.135. The number of carbonyl (C=O) groups is 1. The summed E-state index contributed by atoms with van der Waals surface area (Å²) in [6, 6.07) is 0. The smallest absolute Gasteiger partial charge is 0.231 e. The molecule has 0 aromatic heterocycles. The van der Waals surface area contributed by atoms with E-state index in [-0.39, 0.29) is 14.6 Å². The van der Waals surface area contributed by atoms with E-state index in [4.69, 9.17) is 0 Å². The Hall–Kier alpha value is -0.0900. The maximum Gasteiger partial charge on any atom is 0.231 e. The van der Waals surface area contributed by atoms with Gasteiger partial charge in [-0.05, 0) is 13.3 Å². The maximum absolute atomic E-state index is 12.2. The largest absolute Gasteiger partial charge is 0.335 e. The third-order valence-electron chi connectivity index (χ3n) is 2.72. The van der Waals surface area contributed by atoms with E-state index in [9.17, 15) is 4.79 Å². The first-order chi connectivity index (χ1) is 6.89. The van der Waals surface area contributed by atoms with Gasteiger partial charge in [-0.2, -0.15) is 0 Å². The van der Waals surface area contributed by atoms with Crippen molar-refractivity contribution in [3.63, 3.8) is 0 Å². The SMILES string of the molecule is C=CCN(CC=C)C(=O)[C@]1(C)CC1(Br)Br. The zero-order valence-corrected chi connectivity index (χ0v) is 12.0. The molecular formula is C11H15Br2NO. The van der Waals surface area contributed by atoms with Crippen LogP contribution >= 0.6 is 31.9 Å². The molecule has 0 heterocycles. The zero-order valence-electron chi connectivity index (χ0n) is 8.80. The third kappa shape index (κ3) is 2.36. The summed E-state index contributed by atoms with van der Waals surface area (Å²) < 4.78 is -0.231. The first-order valence-corrected chi connectivity index (χ1v) is 6.36. The molecule has 0 spiro atoms. The lowest BCUT2D eigenvalue weighted by Gasteiger charge is -2.24. The third-order valence-corrected chi connectivity index (χ3v) is 5.03. The van der Waals surface area contributed by atoms with E-state index in [1.807, 2.05) is 6.92 Å². The van der Waals surface area contributed by atoms with Gasteiger partial charge >= 0.3 is 0 Å². The molecule has 0 saturated heterocycles. The van der Waals surface area contributed by atoms with E-state index in [2.05, 4.69) is 45.0 Å². The monoisotopic (exact) mass is 335 g/mol. The highest BCUT2D eigenvalue weighted by Gasteiger charge is 2.67. The lowest BCUT2D eigenvalue weighted by atomic mass is 10.1. The molecular weight excluding hydrogens is 322 g/mol. The molecule has 0 N–H and O–H groups in total. The maximum atomic E-state index is 12.2. The highest BCUT2D eigenvalue weighted by atomic mass is 79.9. The van der Waals surface area contributed by atoms with Crippen LogP contribution in [0.1, 0.15) is 13.3 Å². The summed E-state index contributed by atoms with van der Waals surface area (Å²) in [6.07, 6.45) is 4.28. The van der Waals surface area contributed by atoms with Gasteiger partial charge in [0.2, 0.25) is 5.91 Å². The van der Waals surface area contributed by atoms with Crippen LogP contribution in [-0.4, -0.2) is 27.1 Å². The van der Waals surface area contributed by atoms with Gasteiger partial charge in [0.15, 0.2) is 0 Å². The van der Waals surface area contributed by atoms with E-state index in [1.165, 1.54) is 0 Å². The van der Waals surface area contributed by atoms with Crippen molar-refractivity contribution in [1.82, 2.24) is 4.90 Å². The summed E-state index contributed by atoms with van der Waals surface area (Å²) in [6.45, 7) is 10.4. The van der Waals surface area contributed by atoms with Crippen LogP contribution in [0.4, 0.5) is 0 Å². The molecule has 1 fully saturated rings. The summed E-state index contributed by atoms with van der Waals surface area (Å²) in [4.78, 5) is 13.9. The predicted octanol–water partition coefficient (Wildman–Crippen LogP) is 3.08. The second kappa shape index (κ2) is 4.42. The Bertz CT molecular complexity index is 291. The van der Waals surface area contributed by atoms with Crippen molar-refractivity contribution in [2.24, 2.45) is 5.41 Å². The minimum atomic E-state index is -0.348. The molecule has 84 valence electrons. The van der Waals surface area contributed by atoms with Gasteiger partial charge < -0.3 is 4.90 Å². The van der Waals surface area contributed by atoms with Gasteiger partial charge in [-0.3, -0.25) is 4.79 Å². The summed E-state index contributed by atoms with van der Waals surface area (Å²) >= 11 is 6.99. The van der Waals surface area contributed by atoms with E-state index in [0.717, 1.165) is 6.42 Å². The Balaban J connectivity index is 2.73. The fourth-order valence-electron chi connectivity index (χ4n) is 1.53. The van der Waals surface area contributed by atoms with Crippen LogP contribution in [0, 0.1) is 5.41 Å². The van der Waals surface area contributed by atoms with Crippen molar-refractivity contribution in [3.8, 4) is 0 Å². The van der Waals surface area contributed by atoms with E-state index in [1.54, 1.807) is 17.1 Å². The molecule has 0 radical (unpaired) electrons. The molecule has 2 nitrogen and oxygen atoms in total. The van der Waals surface area contributed by atoms with E-state index >= 15 is 0 Å². The molecule has 15 heavy (non-hydrogen) atoms. The highest BCUT2D eigenvalue weighted by molar-refractivity contribution is 9.25. The fourth-order valence-corrected chi connectivity index (χ4v) is 2.99. The molecule has 1 aliphatic carbocycles. The first kappa shape index (κ1) is 13.0. The molecule has 0 unspecified atom stereocenters. The topological polar surface area (TPSA) is 20.3 Å². The molecule has 4 heteroatoms. The Morgan fingerprint density at radius 3 is 2.07 bits per heavy atom. The molecule has 0 aliphatic heterocycles. The number of alkyl halides is 2. The van der Waals surface area contributed by atoms with Crippen molar-refractivity contribution in [2.45, 2.75) is 16.6 Å². The number of amides is 1. The lowest BCUT2D eigenvalue weighted by molar-refractivity contribution is -0.135. The second-order valence-electron chi connectivity index (χ2n) is 4.00. The quantitative estimate of drug-likeness (QED) is 0.558. The molecule has 0 bridgehead atoms. The van der Waals surface area contributed by atoms with Gasteiger partial charge in [0.1, 0.15) is 0 Å². The second-order valence-corrected chi connectivity index (χ2v) is 7.77. The molecule has 1 amide bonds. The summed E-state index contributed by atoms with van der Waals surface area (Å²) in [7, 11) is 0.